The van der Waals surface area contributed by atoms with Gasteiger partial charge in [0, 0.05) is 16.6 Å². The molecule has 6 aromatic rings. The van der Waals surface area contributed by atoms with E-state index in [9.17, 15) is 18.4 Å². The van der Waals surface area contributed by atoms with E-state index in [2.05, 4.69) is 124 Å². The predicted octanol–water partition coefficient (Wildman–Crippen LogP) is 5.31. The first kappa shape index (κ1) is 37.5. The van der Waals surface area contributed by atoms with Gasteiger partial charge in [0.05, 0.1) is 31.8 Å². The molecule has 0 N–H and O–H groups in total. The van der Waals surface area contributed by atoms with E-state index in [-0.39, 0.29) is 0 Å². The van der Waals surface area contributed by atoms with Gasteiger partial charge in [-0.15, -0.1) is 16.6 Å². The molecule has 0 radical (unpaired) electrons. The summed E-state index contributed by atoms with van der Waals surface area (Å²) in [7, 11) is 2.15. The van der Waals surface area contributed by atoms with Gasteiger partial charge in [-0.3, -0.25) is 4.90 Å². The maximum absolute atomic E-state index is 10.5. The van der Waals surface area contributed by atoms with Gasteiger partial charge >= 0.3 is 6.18 Å². The van der Waals surface area contributed by atoms with Crippen molar-refractivity contribution < 1.29 is 27.6 Å². The van der Waals surface area contributed by atoms with Gasteiger partial charge < -0.3 is 14.5 Å². The number of fused-ring (bicyclic) bond motifs is 1. The maximum Gasteiger partial charge on any atom is 0.430 e. The van der Waals surface area contributed by atoms with E-state index < -0.39 is 12.1 Å². The monoisotopic (exact) mass is 767 g/mol. The van der Waals surface area contributed by atoms with Gasteiger partial charge in [0.25, 0.3) is 5.82 Å². The molecule has 0 bridgehead atoms. The number of aryl methyl sites for hydroxylation is 1. The molecule has 0 fully saturated rings. The van der Waals surface area contributed by atoms with Crippen molar-refractivity contribution in [1.29, 1.82) is 5.26 Å². The molecule has 264 valence electrons. The van der Waals surface area contributed by atoms with Crippen LogP contribution in [0, 0.1) is 23.7 Å². The number of para-hydroxylation sites is 2. The van der Waals surface area contributed by atoms with Crippen LogP contribution in [0.4, 0.5) is 13.2 Å². The van der Waals surface area contributed by atoms with Crippen LogP contribution in [-0.2, 0) is 44.4 Å². The van der Waals surface area contributed by atoms with Crippen molar-refractivity contribution in [3.63, 3.8) is 0 Å². The number of benzene rings is 4. The summed E-state index contributed by atoms with van der Waals surface area (Å²) in [6.07, 6.45) is 3.11. The largest absolute Gasteiger partial charge is 0.542 e. The fourth-order valence-corrected chi connectivity index (χ4v) is 5.92. The van der Waals surface area contributed by atoms with E-state index >= 15 is 0 Å². The minimum absolute atomic E-state index is 0.630. The summed E-state index contributed by atoms with van der Waals surface area (Å²) in [5, 5.41) is 26.8. The third-order valence-electron chi connectivity index (χ3n) is 8.42. The van der Waals surface area contributed by atoms with Crippen LogP contribution in [0.15, 0.2) is 108 Å². The fraction of sp³-hybridized carbons (Fsp3) is 0.205. The zero-order valence-electron chi connectivity index (χ0n) is 28.1. The van der Waals surface area contributed by atoms with E-state index in [4.69, 9.17) is 16.3 Å². The number of aliphatic carboxylic acids is 1. The van der Waals surface area contributed by atoms with Gasteiger partial charge in [-0.25, -0.2) is 9.13 Å². The fourth-order valence-electron chi connectivity index (χ4n) is 5.66. The van der Waals surface area contributed by atoms with E-state index in [0.29, 0.717) is 25.2 Å². The third-order valence-corrected chi connectivity index (χ3v) is 8.95. The van der Waals surface area contributed by atoms with Gasteiger partial charge in [0.15, 0.2) is 11.0 Å². The standard InChI is InChI=1S/C37H33BrN7.C2HF3O2/c1-3-28-8-12-32(13-9-28)24-45-35-7-5-4-6-34(35)42(2)37(45)26-43(21-20-29-16-18-33(38)19-17-29)25-36-41-40-27-44(36)23-31-14-10-30(22-39)11-15-31;3-2(4,5)1(6)7/h1,4-19,27H,20-21,23-26H2,2H3;(H,6,7)/q+1;/p-1. The van der Waals surface area contributed by atoms with Crippen LogP contribution in [0.1, 0.15) is 39.5 Å². The molecule has 0 amide bonds. The summed E-state index contributed by atoms with van der Waals surface area (Å²) in [4.78, 5) is 11.2. The smallest absolute Gasteiger partial charge is 0.430 e. The summed E-state index contributed by atoms with van der Waals surface area (Å²) in [6.45, 7) is 3.55. The van der Waals surface area contributed by atoms with E-state index in [1.807, 2.05) is 36.4 Å². The summed E-state index contributed by atoms with van der Waals surface area (Å²) in [5.41, 5.74) is 7.47. The third kappa shape index (κ3) is 9.72. The van der Waals surface area contributed by atoms with Crippen LogP contribution in [0.25, 0.3) is 11.0 Å². The number of imidazole rings is 1. The predicted molar refractivity (Wildman–Crippen MR) is 190 cm³/mol. The lowest BCUT2D eigenvalue weighted by Crippen LogP contribution is -2.38. The minimum Gasteiger partial charge on any atom is -0.542 e. The maximum atomic E-state index is 10.5. The highest BCUT2D eigenvalue weighted by Crippen LogP contribution is 2.20. The van der Waals surface area contributed by atoms with Gasteiger partial charge in [-0.05, 0) is 71.6 Å². The Kier molecular flexibility index (Phi) is 12.2. The number of rotatable bonds is 11. The van der Waals surface area contributed by atoms with E-state index in [0.717, 1.165) is 40.9 Å². The molecular formula is C39H33BrF3N7O2. The molecule has 0 atom stereocenters. The average Bonchev–Trinajstić information content (AvgIpc) is 3.68. The topological polar surface area (TPSA) is 107 Å². The van der Waals surface area contributed by atoms with Gasteiger partial charge in [0.1, 0.15) is 31.2 Å². The molecule has 9 nitrogen and oxygen atoms in total. The van der Waals surface area contributed by atoms with Gasteiger partial charge in [-0.2, -0.15) is 18.4 Å². The highest BCUT2D eigenvalue weighted by Gasteiger charge is 2.29. The molecular weight excluding hydrogens is 735 g/mol. The van der Waals surface area contributed by atoms with Crippen molar-refractivity contribution >= 4 is 32.9 Å². The number of terminal acetylenes is 1. The second kappa shape index (κ2) is 17.0. The Morgan fingerprint density at radius 2 is 1.52 bits per heavy atom. The number of carboxylic acid groups (broad SMARTS) is 1. The van der Waals surface area contributed by atoms with Crippen LogP contribution < -0.4 is 9.67 Å². The molecule has 0 saturated heterocycles. The first-order valence-corrected chi connectivity index (χ1v) is 16.9. The first-order chi connectivity index (χ1) is 24.9. The number of alkyl halides is 3. The second-order valence-electron chi connectivity index (χ2n) is 11.9. The lowest BCUT2D eigenvalue weighted by atomic mass is 10.1. The SMILES string of the molecule is C#Cc1ccc(Cn2c(CN(CCc3ccc(Br)cc3)Cc3nncn3Cc3ccc(C#N)cc3)[n+](C)c3ccccc32)cc1.O=C([O-])C(F)(F)F. The van der Waals surface area contributed by atoms with Crippen LogP contribution >= 0.6 is 15.9 Å². The van der Waals surface area contributed by atoms with Crippen LogP contribution in [0.2, 0.25) is 0 Å². The lowest BCUT2D eigenvalue weighted by molar-refractivity contribution is -0.655. The number of carbonyl (C=O) groups is 1. The molecule has 0 unspecified atom stereocenters. The van der Waals surface area contributed by atoms with Gasteiger partial charge in [0.2, 0.25) is 0 Å². The Balaban J connectivity index is 0.000000679. The lowest BCUT2D eigenvalue weighted by Gasteiger charge is -2.21. The number of nitrogens with zero attached hydrogens (tertiary/aromatic N) is 7. The van der Waals surface area contributed by atoms with Crippen molar-refractivity contribution in [2.75, 3.05) is 6.54 Å². The summed E-state index contributed by atoms with van der Waals surface area (Å²) < 4.78 is 39.4. The number of hydrogen-bond acceptors (Lipinski definition) is 6. The summed E-state index contributed by atoms with van der Waals surface area (Å²) in [5.74, 6) is 1.81. The van der Waals surface area contributed by atoms with Crippen molar-refractivity contribution in [3.8, 4) is 18.4 Å². The summed E-state index contributed by atoms with van der Waals surface area (Å²) in [6, 6.07) is 35.2. The number of carbonyl (C=O) groups excluding carboxylic acids is 1. The van der Waals surface area contributed by atoms with Crippen molar-refractivity contribution in [2.45, 2.75) is 38.8 Å². The normalized spacial score (nSPS) is 11.2. The molecule has 6 rings (SSSR count). The summed E-state index contributed by atoms with van der Waals surface area (Å²) >= 11 is 3.56. The zero-order valence-corrected chi connectivity index (χ0v) is 29.7. The first-order valence-electron chi connectivity index (χ1n) is 16.1. The van der Waals surface area contributed by atoms with Crippen LogP contribution in [0.3, 0.4) is 0 Å². The van der Waals surface area contributed by atoms with Crippen molar-refractivity contribution in [2.24, 2.45) is 7.05 Å². The Morgan fingerprint density at radius 3 is 2.13 bits per heavy atom. The van der Waals surface area contributed by atoms with Gasteiger partial charge in [-0.1, -0.05) is 70.4 Å². The molecule has 0 aliphatic heterocycles. The quantitative estimate of drug-likeness (QED) is 0.131. The van der Waals surface area contributed by atoms with Crippen molar-refractivity contribution in [1.82, 2.24) is 24.2 Å². The molecule has 0 aliphatic rings. The molecule has 0 spiro atoms. The zero-order chi connectivity index (χ0) is 37.3. The van der Waals surface area contributed by atoms with Crippen LogP contribution in [-0.4, -0.2) is 42.9 Å². The molecule has 0 saturated carbocycles. The minimum atomic E-state index is -5.19. The highest BCUT2D eigenvalue weighted by atomic mass is 79.9. The van der Waals surface area contributed by atoms with Crippen molar-refractivity contribution in [3.05, 3.63) is 147 Å². The Morgan fingerprint density at radius 1 is 0.923 bits per heavy atom. The molecule has 52 heavy (non-hydrogen) atoms. The average molecular weight is 769 g/mol. The van der Waals surface area contributed by atoms with E-state index in [1.54, 1.807) is 6.33 Å². The number of hydrogen-bond donors (Lipinski definition) is 0. The number of halogens is 4. The Hall–Kier alpha value is -5.76. The van der Waals surface area contributed by atoms with E-state index in [1.165, 1.54) is 28.0 Å². The number of carboxylic acids is 1. The second-order valence-corrected chi connectivity index (χ2v) is 12.9. The Bertz CT molecular complexity index is 2220. The molecule has 2 heterocycles. The molecule has 13 heteroatoms. The number of nitriles is 1. The molecule has 2 aromatic heterocycles. The number of aromatic nitrogens is 5. The highest BCUT2D eigenvalue weighted by molar-refractivity contribution is 9.10. The van der Waals surface area contributed by atoms with Crippen LogP contribution in [0.5, 0.6) is 0 Å². The Labute approximate surface area is 307 Å². The molecule has 4 aromatic carbocycles. The molecule has 0 aliphatic carbocycles.